The Morgan fingerprint density at radius 2 is 1.92 bits per heavy atom. The molecule has 1 aliphatic rings. The molecule has 132 valence electrons. The van der Waals surface area contributed by atoms with Crippen molar-refractivity contribution in [1.82, 2.24) is 4.90 Å². The number of hydrogen-bond donors (Lipinski definition) is 1. The normalized spacial score (nSPS) is 17.6. The zero-order valence-corrected chi connectivity index (χ0v) is 13.5. The summed E-state index contributed by atoms with van der Waals surface area (Å²) in [5, 5.41) is 0. The van der Waals surface area contributed by atoms with Crippen molar-refractivity contribution in [3.63, 3.8) is 0 Å². The smallest absolute Gasteiger partial charge is 0.369 e. The van der Waals surface area contributed by atoms with Crippen molar-refractivity contribution >= 4 is 11.8 Å². The Morgan fingerprint density at radius 1 is 1.29 bits per heavy atom. The van der Waals surface area contributed by atoms with Crippen LogP contribution in [0, 0.1) is 11.8 Å². The molecule has 0 aliphatic carbocycles. The molecule has 1 aromatic rings. The second kappa shape index (κ2) is 7.23. The van der Waals surface area contributed by atoms with Crippen molar-refractivity contribution in [3.8, 4) is 0 Å². The van der Waals surface area contributed by atoms with E-state index >= 15 is 0 Å². The molecule has 24 heavy (non-hydrogen) atoms. The van der Waals surface area contributed by atoms with Crippen LogP contribution in [0.5, 0.6) is 0 Å². The second-order valence-corrected chi connectivity index (χ2v) is 6.31. The molecule has 1 unspecified atom stereocenters. The van der Waals surface area contributed by atoms with Crippen LogP contribution in [-0.2, 0) is 22.2 Å². The first-order valence-corrected chi connectivity index (χ1v) is 7.92. The van der Waals surface area contributed by atoms with Crippen molar-refractivity contribution in [2.24, 2.45) is 17.6 Å². The third kappa shape index (κ3) is 4.49. The minimum absolute atomic E-state index is 0.102. The largest absolute Gasteiger partial charge is 0.416 e. The van der Waals surface area contributed by atoms with E-state index in [1.807, 2.05) is 0 Å². The van der Waals surface area contributed by atoms with Gasteiger partial charge in [-0.05, 0) is 30.9 Å². The van der Waals surface area contributed by atoms with Crippen LogP contribution < -0.4 is 5.73 Å². The molecule has 1 aromatic carbocycles. The van der Waals surface area contributed by atoms with E-state index in [0.717, 1.165) is 12.1 Å². The first kappa shape index (κ1) is 18.3. The molecular formula is C17H21F3N2O2. The zero-order chi connectivity index (χ0) is 17.9. The number of halogens is 3. The summed E-state index contributed by atoms with van der Waals surface area (Å²) in [5.74, 6) is -1.07. The molecule has 0 spiro atoms. The predicted molar refractivity (Wildman–Crippen MR) is 82.8 cm³/mol. The number of alkyl halides is 3. The van der Waals surface area contributed by atoms with E-state index in [0.29, 0.717) is 31.5 Å². The maximum absolute atomic E-state index is 12.7. The van der Waals surface area contributed by atoms with Gasteiger partial charge in [-0.2, -0.15) is 13.2 Å². The van der Waals surface area contributed by atoms with Gasteiger partial charge in [0.05, 0.1) is 5.56 Å². The summed E-state index contributed by atoms with van der Waals surface area (Å²) in [5.41, 5.74) is 5.04. The lowest BCUT2D eigenvalue weighted by Crippen LogP contribution is -2.44. The Hall–Kier alpha value is -2.05. The minimum Gasteiger partial charge on any atom is -0.369 e. The molecule has 1 heterocycles. The van der Waals surface area contributed by atoms with Gasteiger partial charge < -0.3 is 10.6 Å². The Balaban J connectivity index is 1.96. The van der Waals surface area contributed by atoms with Gasteiger partial charge in [-0.15, -0.1) is 0 Å². The number of carbonyl (C=O) groups excluding carboxylic acids is 2. The molecule has 0 saturated carbocycles. The van der Waals surface area contributed by atoms with Crippen LogP contribution in [-0.4, -0.2) is 29.8 Å². The molecule has 1 atom stereocenters. The fraction of sp³-hybridized carbons (Fsp3) is 0.529. The predicted octanol–water partition coefficient (Wildman–Crippen LogP) is 2.61. The quantitative estimate of drug-likeness (QED) is 0.914. The Labute approximate surface area is 138 Å². The number of piperidine rings is 1. The maximum Gasteiger partial charge on any atom is 0.416 e. The monoisotopic (exact) mass is 342 g/mol. The van der Waals surface area contributed by atoms with Crippen molar-refractivity contribution in [3.05, 3.63) is 35.4 Å². The number of benzene rings is 1. The second-order valence-electron chi connectivity index (χ2n) is 6.31. The fourth-order valence-corrected chi connectivity index (χ4v) is 3.01. The number of nitrogens with two attached hydrogens (primary N) is 1. The Kier molecular flexibility index (Phi) is 5.51. The average Bonchev–Trinajstić information content (AvgIpc) is 2.53. The highest BCUT2D eigenvalue weighted by Crippen LogP contribution is 2.30. The molecule has 4 nitrogen and oxygen atoms in total. The van der Waals surface area contributed by atoms with Crippen molar-refractivity contribution in [2.75, 3.05) is 13.1 Å². The topological polar surface area (TPSA) is 63.4 Å². The van der Waals surface area contributed by atoms with Crippen molar-refractivity contribution in [2.45, 2.75) is 32.4 Å². The number of rotatable bonds is 4. The van der Waals surface area contributed by atoms with Gasteiger partial charge in [-0.1, -0.05) is 25.1 Å². The zero-order valence-electron chi connectivity index (χ0n) is 13.5. The highest BCUT2D eigenvalue weighted by molar-refractivity contribution is 5.80. The van der Waals surface area contributed by atoms with Crippen LogP contribution in [0.1, 0.15) is 30.9 Å². The standard InChI is InChI=1S/C17H21F3N2O2/c1-11(9-12-3-2-4-14(10-12)17(18,19)20)16(24)22-7-5-13(6-8-22)15(21)23/h2-4,10-11,13H,5-9H2,1H3,(H2,21,23). The molecule has 0 bridgehead atoms. The van der Waals surface area contributed by atoms with Gasteiger partial charge in [-0.3, -0.25) is 9.59 Å². The van der Waals surface area contributed by atoms with Crippen LogP contribution in [0.2, 0.25) is 0 Å². The van der Waals surface area contributed by atoms with Gasteiger partial charge in [0, 0.05) is 24.9 Å². The lowest BCUT2D eigenvalue weighted by molar-refractivity contribution is -0.138. The van der Waals surface area contributed by atoms with Crippen LogP contribution in [0.15, 0.2) is 24.3 Å². The number of hydrogen-bond acceptors (Lipinski definition) is 2. The molecule has 0 aromatic heterocycles. The SMILES string of the molecule is CC(Cc1cccc(C(F)(F)F)c1)C(=O)N1CCC(C(N)=O)CC1. The summed E-state index contributed by atoms with van der Waals surface area (Å²) < 4.78 is 38.2. The van der Waals surface area contributed by atoms with E-state index in [4.69, 9.17) is 5.73 Å². The lowest BCUT2D eigenvalue weighted by atomic mass is 9.93. The number of carbonyl (C=O) groups is 2. The number of nitrogens with zero attached hydrogens (tertiary/aromatic N) is 1. The van der Waals surface area contributed by atoms with Gasteiger partial charge in [0.25, 0.3) is 0 Å². The summed E-state index contributed by atoms with van der Waals surface area (Å²) in [6.45, 7) is 2.63. The van der Waals surface area contributed by atoms with Gasteiger partial charge in [0.15, 0.2) is 0 Å². The number of amides is 2. The lowest BCUT2D eigenvalue weighted by Gasteiger charge is -2.32. The molecule has 1 saturated heterocycles. The van der Waals surface area contributed by atoms with Gasteiger partial charge in [0.2, 0.25) is 11.8 Å². The van der Waals surface area contributed by atoms with Crippen LogP contribution in [0.25, 0.3) is 0 Å². The van der Waals surface area contributed by atoms with Crippen molar-refractivity contribution in [1.29, 1.82) is 0 Å². The summed E-state index contributed by atoms with van der Waals surface area (Å²) >= 11 is 0. The first-order valence-electron chi connectivity index (χ1n) is 7.92. The molecule has 0 radical (unpaired) electrons. The third-order valence-electron chi connectivity index (χ3n) is 4.43. The summed E-state index contributed by atoms with van der Waals surface area (Å²) in [6, 6.07) is 5.06. The van der Waals surface area contributed by atoms with Crippen LogP contribution in [0.3, 0.4) is 0 Å². The van der Waals surface area contributed by atoms with E-state index in [1.165, 1.54) is 6.07 Å². The highest BCUT2D eigenvalue weighted by Gasteiger charge is 2.31. The summed E-state index contributed by atoms with van der Waals surface area (Å²) in [7, 11) is 0. The molecular weight excluding hydrogens is 321 g/mol. The Bertz CT molecular complexity index is 608. The van der Waals surface area contributed by atoms with Crippen LogP contribution >= 0.6 is 0 Å². The number of likely N-dealkylation sites (tertiary alicyclic amines) is 1. The molecule has 7 heteroatoms. The van der Waals surface area contributed by atoms with E-state index < -0.39 is 17.7 Å². The number of primary amides is 1. The highest BCUT2D eigenvalue weighted by atomic mass is 19.4. The van der Waals surface area contributed by atoms with Gasteiger partial charge in [-0.25, -0.2) is 0 Å². The average molecular weight is 342 g/mol. The minimum atomic E-state index is -4.39. The molecule has 2 amide bonds. The van der Waals surface area contributed by atoms with E-state index in [9.17, 15) is 22.8 Å². The Morgan fingerprint density at radius 3 is 2.46 bits per heavy atom. The molecule has 1 fully saturated rings. The molecule has 2 N–H and O–H groups in total. The van der Waals surface area contributed by atoms with E-state index in [2.05, 4.69) is 0 Å². The molecule has 1 aliphatic heterocycles. The maximum atomic E-state index is 12.7. The van der Waals surface area contributed by atoms with E-state index in [1.54, 1.807) is 17.9 Å². The fourth-order valence-electron chi connectivity index (χ4n) is 3.01. The third-order valence-corrected chi connectivity index (χ3v) is 4.43. The van der Waals surface area contributed by atoms with Gasteiger partial charge >= 0.3 is 6.18 Å². The van der Waals surface area contributed by atoms with Crippen LogP contribution in [0.4, 0.5) is 13.2 Å². The molecule has 2 rings (SSSR count). The first-order chi connectivity index (χ1) is 11.2. The van der Waals surface area contributed by atoms with Crippen molar-refractivity contribution < 1.29 is 22.8 Å². The van der Waals surface area contributed by atoms with Gasteiger partial charge in [0.1, 0.15) is 0 Å². The summed E-state index contributed by atoms with van der Waals surface area (Å²) in [6.07, 6.45) is -3.06. The summed E-state index contributed by atoms with van der Waals surface area (Å²) in [4.78, 5) is 25.3. The van der Waals surface area contributed by atoms with E-state index in [-0.39, 0.29) is 24.2 Å².